The largest absolute Gasteiger partial charge is 0.508 e. The third-order valence-corrected chi connectivity index (χ3v) is 4.53. The third kappa shape index (κ3) is 13.3. The van der Waals surface area contributed by atoms with Crippen LogP contribution in [0.2, 0.25) is 0 Å². The van der Waals surface area contributed by atoms with Crippen LogP contribution < -0.4 is 0 Å². The fraction of sp³-hybridized carbons (Fsp3) is 0.708. The van der Waals surface area contributed by atoms with Gasteiger partial charge >= 0.3 is 5.97 Å². The van der Waals surface area contributed by atoms with Crippen LogP contribution in [0, 0.1) is 5.41 Å². The highest BCUT2D eigenvalue weighted by Gasteiger charge is 2.24. The first-order chi connectivity index (χ1) is 12.2. The smallest absolute Gasteiger partial charge is 0.306 e. The summed E-state index contributed by atoms with van der Waals surface area (Å²) in [5.41, 5.74) is 1.19. The van der Waals surface area contributed by atoms with Crippen molar-refractivity contribution in [3.63, 3.8) is 0 Å². The van der Waals surface area contributed by atoms with Crippen molar-refractivity contribution in [3.05, 3.63) is 29.8 Å². The van der Waals surface area contributed by atoms with E-state index in [1.807, 2.05) is 46.8 Å². The molecule has 0 fully saturated rings. The van der Waals surface area contributed by atoms with Crippen LogP contribution in [0.1, 0.15) is 101 Å². The molecule has 0 aromatic heterocycles. The number of rotatable bonds is 5. The van der Waals surface area contributed by atoms with Gasteiger partial charge in [0.2, 0.25) is 0 Å². The molecule has 0 spiro atoms. The predicted molar refractivity (Wildman–Crippen MR) is 117 cm³/mol. The van der Waals surface area contributed by atoms with E-state index in [1.54, 1.807) is 12.1 Å². The molecular formula is C24H44O3. The van der Waals surface area contributed by atoms with Gasteiger partial charge in [0, 0.05) is 0 Å². The SMILES string of the molecule is CC.CCC(C)(C)CC(=O)OC(C)(C)C.CCC(C)(C)c1ccc(O)cc1. The van der Waals surface area contributed by atoms with E-state index in [0.717, 1.165) is 12.8 Å². The zero-order valence-corrected chi connectivity index (χ0v) is 19.7. The molecule has 0 saturated heterocycles. The average Bonchev–Trinajstić information content (AvgIpc) is 2.55. The molecule has 0 atom stereocenters. The van der Waals surface area contributed by atoms with Crippen LogP contribution in [0.15, 0.2) is 24.3 Å². The van der Waals surface area contributed by atoms with E-state index >= 15 is 0 Å². The second-order valence-electron chi connectivity index (χ2n) is 9.07. The minimum Gasteiger partial charge on any atom is -0.508 e. The molecule has 0 unspecified atom stereocenters. The molecular weight excluding hydrogens is 336 g/mol. The van der Waals surface area contributed by atoms with Crippen molar-refractivity contribution in [2.75, 3.05) is 0 Å². The Balaban J connectivity index is 0. The summed E-state index contributed by atoms with van der Waals surface area (Å²) in [4.78, 5) is 11.4. The van der Waals surface area contributed by atoms with E-state index in [9.17, 15) is 4.79 Å². The van der Waals surface area contributed by atoms with E-state index in [-0.39, 0.29) is 22.4 Å². The number of hydrogen-bond donors (Lipinski definition) is 1. The first-order valence-electron chi connectivity index (χ1n) is 10.2. The topological polar surface area (TPSA) is 46.5 Å². The van der Waals surface area contributed by atoms with Gasteiger partial charge in [-0.05, 0) is 55.7 Å². The molecule has 0 aliphatic rings. The van der Waals surface area contributed by atoms with Crippen LogP contribution >= 0.6 is 0 Å². The van der Waals surface area contributed by atoms with E-state index in [4.69, 9.17) is 9.84 Å². The quantitative estimate of drug-likeness (QED) is 0.547. The van der Waals surface area contributed by atoms with Crippen molar-refractivity contribution in [3.8, 4) is 5.75 Å². The van der Waals surface area contributed by atoms with Crippen LogP contribution in [-0.2, 0) is 14.9 Å². The Hall–Kier alpha value is -1.51. The van der Waals surface area contributed by atoms with Crippen LogP contribution in [0.5, 0.6) is 5.75 Å². The number of carbonyl (C=O) groups is 1. The number of carbonyl (C=O) groups excluding carboxylic acids is 1. The second kappa shape index (κ2) is 12.0. The minimum atomic E-state index is -0.360. The summed E-state index contributed by atoms with van der Waals surface area (Å²) < 4.78 is 5.24. The lowest BCUT2D eigenvalue weighted by molar-refractivity contribution is -0.157. The zero-order chi connectivity index (χ0) is 21.9. The van der Waals surface area contributed by atoms with Crippen LogP contribution in [-0.4, -0.2) is 16.7 Å². The van der Waals surface area contributed by atoms with Crippen LogP contribution in [0.3, 0.4) is 0 Å². The molecule has 1 aromatic rings. The Kier molecular flexibility index (Phi) is 12.4. The highest BCUT2D eigenvalue weighted by molar-refractivity contribution is 5.70. The van der Waals surface area contributed by atoms with Gasteiger partial charge in [0.05, 0.1) is 6.42 Å². The van der Waals surface area contributed by atoms with Gasteiger partial charge in [-0.2, -0.15) is 0 Å². The fourth-order valence-electron chi connectivity index (χ4n) is 2.01. The number of phenolic OH excluding ortho intramolecular Hbond substituents is 1. The summed E-state index contributed by atoms with van der Waals surface area (Å²) in [5, 5.41) is 9.10. The van der Waals surface area contributed by atoms with Crippen molar-refractivity contribution in [1.82, 2.24) is 0 Å². The first-order valence-corrected chi connectivity index (χ1v) is 10.2. The van der Waals surface area contributed by atoms with Crippen LogP contribution in [0.4, 0.5) is 0 Å². The summed E-state index contributed by atoms with van der Waals surface area (Å²) in [5.74, 6) is 0.241. The summed E-state index contributed by atoms with van der Waals surface area (Å²) in [6, 6.07) is 7.46. The molecule has 27 heavy (non-hydrogen) atoms. The Morgan fingerprint density at radius 2 is 1.33 bits per heavy atom. The van der Waals surface area contributed by atoms with Crippen molar-refractivity contribution in [2.45, 2.75) is 106 Å². The molecule has 1 N–H and O–H groups in total. The number of ether oxygens (including phenoxy) is 1. The van der Waals surface area contributed by atoms with Gasteiger partial charge in [-0.25, -0.2) is 0 Å². The lowest BCUT2D eigenvalue weighted by Crippen LogP contribution is -2.27. The molecule has 3 heteroatoms. The lowest BCUT2D eigenvalue weighted by Gasteiger charge is -2.25. The van der Waals surface area contributed by atoms with Gasteiger partial charge in [-0.3, -0.25) is 4.79 Å². The summed E-state index contributed by atoms with van der Waals surface area (Å²) in [6.07, 6.45) is 2.60. The molecule has 0 heterocycles. The molecule has 1 rings (SSSR count). The van der Waals surface area contributed by atoms with Gasteiger partial charge in [-0.1, -0.05) is 73.9 Å². The number of phenols is 1. The van der Waals surface area contributed by atoms with Gasteiger partial charge < -0.3 is 9.84 Å². The Morgan fingerprint density at radius 1 is 0.889 bits per heavy atom. The molecule has 3 nitrogen and oxygen atoms in total. The average molecular weight is 381 g/mol. The lowest BCUT2D eigenvalue weighted by atomic mass is 9.82. The molecule has 0 aliphatic heterocycles. The summed E-state index contributed by atoms with van der Waals surface area (Å²) in [7, 11) is 0. The fourth-order valence-corrected chi connectivity index (χ4v) is 2.01. The van der Waals surface area contributed by atoms with Crippen LogP contribution in [0.25, 0.3) is 0 Å². The molecule has 0 amide bonds. The maximum atomic E-state index is 11.4. The molecule has 0 saturated carbocycles. The number of aromatic hydroxyl groups is 1. The van der Waals surface area contributed by atoms with Gasteiger partial charge in [0.15, 0.2) is 0 Å². The molecule has 0 aliphatic carbocycles. The molecule has 1 aromatic carbocycles. The first kappa shape index (κ1) is 27.7. The van der Waals surface area contributed by atoms with Crippen molar-refractivity contribution >= 4 is 5.97 Å². The molecule has 158 valence electrons. The van der Waals surface area contributed by atoms with Crippen molar-refractivity contribution in [1.29, 1.82) is 0 Å². The van der Waals surface area contributed by atoms with Gasteiger partial charge in [-0.15, -0.1) is 0 Å². The maximum absolute atomic E-state index is 11.4. The van der Waals surface area contributed by atoms with E-state index in [1.165, 1.54) is 5.56 Å². The summed E-state index contributed by atoms with van der Waals surface area (Å²) in [6.45, 7) is 22.5. The van der Waals surface area contributed by atoms with Crippen molar-refractivity contribution in [2.24, 2.45) is 5.41 Å². The Labute approximate surface area is 168 Å². The highest BCUT2D eigenvalue weighted by Crippen LogP contribution is 2.27. The molecule has 0 radical (unpaired) electrons. The van der Waals surface area contributed by atoms with E-state index < -0.39 is 0 Å². The van der Waals surface area contributed by atoms with Gasteiger partial charge in [0.25, 0.3) is 0 Å². The minimum absolute atomic E-state index is 0.0579. The standard InChI is InChI=1S/C11H22O2.C11H16O.C2H6/c1-7-11(5,6)8-9(12)13-10(2,3)4;1-4-11(2,3)9-5-7-10(12)8-6-9;1-2/h7-8H2,1-6H3;5-8,12H,4H2,1-3H3;1-2H3. The second-order valence-corrected chi connectivity index (χ2v) is 9.07. The number of esters is 1. The van der Waals surface area contributed by atoms with E-state index in [0.29, 0.717) is 12.2 Å². The number of benzene rings is 1. The number of hydrogen-bond acceptors (Lipinski definition) is 3. The maximum Gasteiger partial charge on any atom is 0.306 e. The monoisotopic (exact) mass is 380 g/mol. The van der Waals surface area contributed by atoms with Crippen molar-refractivity contribution < 1.29 is 14.6 Å². The zero-order valence-electron chi connectivity index (χ0n) is 19.7. The third-order valence-electron chi connectivity index (χ3n) is 4.53. The highest BCUT2D eigenvalue weighted by atomic mass is 16.6. The Bertz CT molecular complexity index is 520. The van der Waals surface area contributed by atoms with Gasteiger partial charge in [0.1, 0.15) is 11.4 Å². The Morgan fingerprint density at radius 3 is 1.67 bits per heavy atom. The summed E-state index contributed by atoms with van der Waals surface area (Å²) >= 11 is 0. The van der Waals surface area contributed by atoms with E-state index in [2.05, 4.69) is 41.5 Å². The normalized spacial score (nSPS) is 11.5. The molecule has 0 bridgehead atoms. The predicted octanol–water partition coefficient (Wildman–Crippen LogP) is 7.26.